The number of hydrogen-bond donors (Lipinski definition) is 3. The molecule has 0 saturated heterocycles. The smallest absolute Gasteiger partial charge is 0.241 e. The molecule has 0 aliphatic rings. The van der Waals surface area contributed by atoms with Gasteiger partial charge < -0.3 is 10.8 Å². The first-order valence-electron chi connectivity index (χ1n) is 7.31. The monoisotopic (exact) mass is 314 g/mol. The highest BCUT2D eigenvalue weighted by Gasteiger charge is 2.24. The Balaban J connectivity index is 3.27. The minimum atomic E-state index is -3.65. The van der Waals surface area contributed by atoms with Crippen molar-refractivity contribution in [2.45, 2.75) is 51.5 Å². The van der Waals surface area contributed by atoms with E-state index in [0.29, 0.717) is 17.7 Å². The molecule has 0 aliphatic heterocycles. The zero-order chi connectivity index (χ0) is 16.2. The molecule has 4 N–H and O–H groups in total. The number of aliphatic hydroxyl groups is 1. The van der Waals surface area contributed by atoms with E-state index < -0.39 is 10.0 Å². The van der Waals surface area contributed by atoms with Crippen LogP contribution in [0.4, 0.5) is 5.69 Å². The van der Waals surface area contributed by atoms with Gasteiger partial charge in [-0.3, -0.25) is 0 Å². The van der Waals surface area contributed by atoms with Crippen LogP contribution in [0, 0.1) is 5.92 Å². The Bertz CT molecular complexity index is 585. The number of nitrogens with one attached hydrogen (secondary N) is 1. The predicted molar refractivity (Wildman–Crippen MR) is 85.6 cm³/mol. The largest absolute Gasteiger partial charge is 0.398 e. The van der Waals surface area contributed by atoms with E-state index in [0.717, 1.165) is 12.0 Å². The van der Waals surface area contributed by atoms with Gasteiger partial charge in [0.15, 0.2) is 0 Å². The molecular formula is C15H26N2O3S. The summed E-state index contributed by atoms with van der Waals surface area (Å²) in [4.78, 5) is 0.249. The van der Waals surface area contributed by atoms with Crippen LogP contribution < -0.4 is 10.5 Å². The van der Waals surface area contributed by atoms with Crippen LogP contribution in [0.1, 0.15) is 38.8 Å². The summed E-state index contributed by atoms with van der Waals surface area (Å²) in [6.45, 7) is 7.32. The van der Waals surface area contributed by atoms with Gasteiger partial charge in [0.05, 0.1) is 4.90 Å². The van der Waals surface area contributed by atoms with Crippen molar-refractivity contribution in [3.63, 3.8) is 0 Å². The van der Waals surface area contributed by atoms with E-state index in [-0.39, 0.29) is 23.5 Å². The van der Waals surface area contributed by atoms with Crippen molar-refractivity contribution in [1.82, 2.24) is 4.72 Å². The Labute approximate surface area is 127 Å². The van der Waals surface area contributed by atoms with Crippen molar-refractivity contribution in [3.8, 4) is 0 Å². The van der Waals surface area contributed by atoms with Crippen LogP contribution in [0.3, 0.4) is 0 Å². The molecule has 0 spiro atoms. The number of nitrogen functional groups attached to an aromatic ring is 1. The summed E-state index contributed by atoms with van der Waals surface area (Å²) in [5, 5.41) is 9.14. The van der Waals surface area contributed by atoms with Crippen LogP contribution in [0.15, 0.2) is 17.0 Å². The fraction of sp³-hybridized carbons (Fsp3) is 0.600. The molecule has 1 aromatic carbocycles. The van der Waals surface area contributed by atoms with Gasteiger partial charge in [-0.2, -0.15) is 0 Å². The molecule has 2 unspecified atom stereocenters. The highest BCUT2D eigenvalue weighted by molar-refractivity contribution is 7.89. The number of aryl methyl sites for hydroxylation is 1. The molecule has 6 heteroatoms. The number of benzene rings is 1. The SMILES string of the molecule is CCc1cc(N)c(CC)c(S(=O)(=O)NC(C)C(C)CO)c1. The van der Waals surface area contributed by atoms with Crippen LogP contribution in [0.5, 0.6) is 0 Å². The number of hydrogen-bond acceptors (Lipinski definition) is 4. The topological polar surface area (TPSA) is 92.4 Å². The molecule has 120 valence electrons. The van der Waals surface area contributed by atoms with Gasteiger partial charge in [0.25, 0.3) is 0 Å². The number of aliphatic hydroxyl groups excluding tert-OH is 1. The molecule has 21 heavy (non-hydrogen) atoms. The molecule has 1 aromatic rings. The number of rotatable bonds is 7. The van der Waals surface area contributed by atoms with Crippen LogP contribution in [0.25, 0.3) is 0 Å². The summed E-state index contributed by atoms with van der Waals surface area (Å²) >= 11 is 0. The summed E-state index contributed by atoms with van der Waals surface area (Å²) in [7, 11) is -3.65. The van der Waals surface area contributed by atoms with E-state index in [1.165, 1.54) is 0 Å². The zero-order valence-electron chi connectivity index (χ0n) is 13.2. The second kappa shape index (κ2) is 7.24. The lowest BCUT2D eigenvalue weighted by atomic mass is 10.1. The third kappa shape index (κ3) is 4.18. The Morgan fingerprint density at radius 3 is 2.33 bits per heavy atom. The van der Waals surface area contributed by atoms with E-state index in [2.05, 4.69) is 4.72 Å². The van der Waals surface area contributed by atoms with Gasteiger partial charge in [-0.05, 0) is 48.9 Å². The van der Waals surface area contributed by atoms with E-state index in [9.17, 15) is 8.42 Å². The fourth-order valence-electron chi connectivity index (χ4n) is 2.13. The van der Waals surface area contributed by atoms with Crippen LogP contribution in [0.2, 0.25) is 0 Å². The number of anilines is 1. The van der Waals surface area contributed by atoms with Crippen LogP contribution in [-0.2, 0) is 22.9 Å². The molecule has 0 aliphatic carbocycles. The van der Waals surface area contributed by atoms with Gasteiger partial charge >= 0.3 is 0 Å². The third-order valence-electron chi connectivity index (χ3n) is 3.84. The Morgan fingerprint density at radius 2 is 1.86 bits per heavy atom. The molecule has 0 saturated carbocycles. The Morgan fingerprint density at radius 1 is 1.24 bits per heavy atom. The Kier molecular flexibility index (Phi) is 6.19. The molecular weight excluding hydrogens is 288 g/mol. The highest BCUT2D eigenvalue weighted by Crippen LogP contribution is 2.25. The highest BCUT2D eigenvalue weighted by atomic mass is 32.2. The number of sulfonamides is 1. The van der Waals surface area contributed by atoms with Crippen molar-refractivity contribution in [1.29, 1.82) is 0 Å². The fourth-order valence-corrected chi connectivity index (χ4v) is 3.87. The maximum Gasteiger partial charge on any atom is 0.241 e. The van der Waals surface area contributed by atoms with Crippen molar-refractivity contribution >= 4 is 15.7 Å². The van der Waals surface area contributed by atoms with Crippen LogP contribution >= 0.6 is 0 Å². The minimum absolute atomic E-state index is 0.0680. The first-order chi connectivity index (χ1) is 9.76. The van der Waals surface area contributed by atoms with E-state index >= 15 is 0 Å². The summed E-state index contributed by atoms with van der Waals surface area (Å²) in [5.74, 6) is -0.156. The van der Waals surface area contributed by atoms with E-state index in [1.54, 1.807) is 19.9 Å². The van der Waals surface area contributed by atoms with Crippen molar-refractivity contribution < 1.29 is 13.5 Å². The average Bonchev–Trinajstić information content (AvgIpc) is 2.44. The lowest BCUT2D eigenvalue weighted by molar-refractivity contribution is 0.216. The average molecular weight is 314 g/mol. The third-order valence-corrected chi connectivity index (χ3v) is 5.46. The van der Waals surface area contributed by atoms with Gasteiger partial charge in [0, 0.05) is 18.3 Å². The summed E-state index contributed by atoms with van der Waals surface area (Å²) < 4.78 is 27.9. The van der Waals surface area contributed by atoms with E-state index in [1.807, 2.05) is 19.9 Å². The predicted octanol–water partition coefficient (Wildman–Crippen LogP) is 1.69. The van der Waals surface area contributed by atoms with Crippen molar-refractivity contribution in [3.05, 3.63) is 23.3 Å². The molecule has 0 heterocycles. The summed E-state index contributed by atoms with van der Waals surface area (Å²) in [6.07, 6.45) is 1.27. The molecule has 0 radical (unpaired) electrons. The second-order valence-electron chi connectivity index (χ2n) is 5.44. The Hall–Kier alpha value is -1.11. The molecule has 0 amide bonds. The van der Waals surface area contributed by atoms with Gasteiger partial charge in [0.1, 0.15) is 0 Å². The zero-order valence-corrected chi connectivity index (χ0v) is 14.0. The maximum absolute atomic E-state index is 12.6. The second-order valence-corrected chi connectivity index (χ2v) is 7.12. The van der Waals surface area contributed by atoms with Crippen molar-refractivity contribution in [2.24, 2.45) is 5.92 Å². The summed E-state index contributed by atoms with van der Waals surface area (Å²) in [6, 6.07) is 3.17. The van der Waals surface area contributed by atoms with Gasteiger partial charge in [-0.25, -0.2) is 13.1 Å². The first-order valence-corrected chi connectivity index (χ1v) is 8.79. The maximum atomic E-state index is 12.6. The van der Waals surface area contributed by atoms with Gasteiger partial charge in [-0.15, -0.1) is 0 Å². The normalized spacial score (nSPS) is 14.9. The lowest BCUT2D eigenvalue weighted by Crippen LogP contribution is -2.38. The lowest BCUT2D eigenvalue weighted by Gasteiger charge is -2.21. The van der Waals surface area contributed by atoms with Gasteiger partial charge in [-0.1, -0.05) is 20.8 Å². The summed E-state index contributed by atoms with van der Waals surface area (Å²) in [5.41, 5.74) is 8.04. The molecule has 5 nitrogen and oxygen atoms in total. The first kappa shape index (κ1) is 17.9. The molecule has 1 rings (SSSR count). The standard InChI is InChI=1S/C15H26N2O3S/c1-5-12-7-14(16)13(6-2)15(8-12)21(19,20)17-11(4)10(3)9-18/h7-8,10-11,17-18H,5-6,9,16H2,1-4H3. The quantitative estimate of drug-likeness (QED) is 0.668. The number of nitrogens with two attached hydrogens (primary N) is 1. The van der Waals surface area contributed by atoms with E-state index in [4.69, 9.17) is 10.8 Å². The van der Waals surface area contributed by atoms with Crippen LogP contribution in [-0.4, -0.2) is 26.2 Å². The molecule has 0 fully saturated rings. The van der Waals surface area contributed by atoms with Gasteiger partial charge in [0.2, 0.25) is 10.0 Å². The molecule has 0 aromatic heterocycles. The molecule has 2 atom stereocenters. The van der Waals surface area contributed by atoms with Crippen molar-refractivity contribution in [2.75, 3.05) is 12.3 Å². The minimum Gasteiger partial charge on any atom is -0.398 e. The molecule has 0 bridgehead atoms.